The number of aliphatic carboxylic acids is 1. The number of hydrogen-bond donors (Lipinski definition) is 1. The summed E-state index contributed by atoms with van der Waals surface area (Å²) in [6, 6.07) is 2.25. The van der Waals surface area contributed by atoms with Gasteiger partial charge in [-0.05, 0) is 63.5 Å². The van der Waals surface area contributed by atoms with Crippen molar-refractivity contribution in [2.24, 2.45) is 0 Å². The van der Waals surface area contributed by atoms with E-state index in [9.17, 15) is 9.90 Å². The Morgan fingerprint density at radius 3 is 2.71 bits per heavy atom. The summed E-state index contributed by atoms with van der Waals surface area (Å²) >= 11 is 1.77. The van der Waals surface area contributed by atoms with E-state index >= 15 is 0 Å². The van der Waals surface area contributed by atoms with Crippen LogP contribution in [0.3, 0.4) is 0 Å². The Morgan fingerprint density at radius 2 is 2.04 bits per heavy atom. The van der Waals surface area contributed by atoms with Gasteiger partial charge in [0.25, 0.3) is 0 Å². The van der Waals surface area contributed by atoms with Crippen LogP contribution in [0.5, 0.6) is 0 Å². The molecule has 1 aromatic heterocycles. The van der Waals surface area contributed by atoms with Crippen molar-refractivity contribution in [1.82, 2.24) is 14.7 Å². The number of thiophene rings is 1. The SMILES string of the molecule is CN(C)[C@@H]1C[C@@H](C(=O)O)N(Cc2cc(CN3CCCCC3)cs2)C1. The maximum atomic E-state index is 11.6. The number of likely N-dealkylation sites (N-methyl/N-ethyl adjacent to an activating group) is 1. The maximum absolute atomic E-state index is 11.6. The van der Waals surface area contributed by atoms with Gasteiger partial charge in [-0.1, -0.05) is 6.42 Å². The third-order valence-corrected chi connectivity index (χ3v) is 6.29. The van der Waals surface area contributed by atoms with Crippen molar-refractivity contribution in [2.75, 3.05) is 33.7 Å². The molecule has 2 aliphatic rings. The first-order valence-corrected chi connectivity index (χ1v) is 9.83. The van der Waals surface area contributed by atoms with E-state index in [1.807, 2.05) is 14.1 Å². The van der Waals surface area contributed by atoms with Crippen molar-refractivity contribution in [2.45, 2.75) is 50.9 Å². The lowest BCUT2D eigenvalue weighted by Crippen LogP contribution is -2.35. The zero-order chi connectivity index (χ0) is 17.1. The van der Waals surface area contributed by atoms with Crippen LogP contribution in [-0.2, 0) is 17.9 Å². The van der Waals surface area contributed by atoms with E-state index in [2.05, 4.69) is 26.1 Å². The standard InChI is InChI=1S/C18H29N3O2S/c1-19(2)15-9-17(18(22)23)21(11-15)12-16-8-14(13-24-16)10-20-6-4-3-5-7-20/h8,13,15,17H,3-7,9-12H2,1-2H3,(H,22,23)/t15-,17+/m1/s1. The van der Waals surface area contributed by atoms with Gasteiger partial charge in [0.2, 0.25) is 0 Å². The fourth-order valence-electron chi connectivity index (χ4n) is 3.85. The van der Waals surface area contributed by atoms with E-state index in [0.29, 0.717) is 12.5 Å². The second kappa shape index (κ2) is 7.95. The quantitative estimate of drug-likeness (QED) is 0.852. The highest BCUT2D eigenvalue weighted by atomic mass is 32.1. The average Bonchev–Trinajstić information content (AvgIpc) is 3.16. The lowest BCUT2D eigenvalue weighted by Gasteiger charge is -2.25. The van der Waals surface area contributed by atoms with Crippen molar-refractivity contribution in [1.29, 1.82) is 0 Å². The molecule has 0 spiro atoms. The van der Waals surface area contributed by atoms with Crippen molar-refractivity contribution in [3.63, 3.8) is 0 Å². The summed E-state index contributed by atoms with van der Waals surface area (Å²) in [7, 11) is 4.07. The van der Waals surface area contributed by atoms with Crippen molar-refractivity contribution < 1.29 is 9.90 Å². The highest BCUT2D eigenvalue weighted by molar-refractivity contribution is 7.10. The molecule has 0 saturated carbocycles. The third kappa shape index (κ3) is 4.36. The third-order valence-electron chi connectivity index (χ3n) is 5.32. The molecule has 3 heterocycles. The number of nitrogens with zero attached hydrogens (tertiary/aromatic N) is 3. The van der Waals surface area contributed by atoms with Crippen LogP contribution in [0.15, 0.2) is 11.4 Å². The number of carbonyl (C=O) groups is 1. The van der Waals surface area contributed by atoms with E-state index in [1.54, 1.807) is 11.3 Å². The number of piperidine rings is 1. The average molecular weight is 352 g/mol. The Morgan fingerprint density at radius 1 is 1.29 bits per heavy atom. The Labute approximate surface area is 148 Å². The summed E-state index contributed by atoms with van der Waals surface area (Å²) in [4.78, 5) is 19.7. The van der Waals surface area contributed by atoms with Crippen molar-refractivity contribution in [3.8, 4) is 0 Å². The van der Waals surface area contributed by atoms with Crippen LogP contribution in [0, 0.1) is 0 Å². The molecule has 6 heteroatoms. The van der Waals surface area contributed by atoms with Gasteiger partial charge in [-0.3, -0.25) is 14.6 Å². The van der Waals surface area contributed by atoms with Crippen LogP contribution < -0.4 is 0 Å². The number of carboxylic acids is 1. The van der Waals surface area contributed by atoms with Gasteiger partial charge in [0.05, 0.1) is 0 Å². The van der Waals surface area contributed by atoms with Crippen LogP contribution in [0.25, 0.3) is 0 Å². The molecule has 5 nitrogen and oxygen atoms in total. The maximum Gasteiger partial charge on any atom is 0.320 e. The summed E-state index contributed by atoms with van der Waals surface area (Å²) in [5, 5.41) is 11.8. The zero-order valence-corrected chi connectivity index (χ0v) is 15.6. The van der Waals surface area contributed by atoms with E-state index in [-0.39, 0.29) is 6.04 Å². The van der Waals surface area contributed by atoms with Gasteiger partial charge in [-0.15, -0.1) is 11.3 Å². The lowest BCUT2D eigenvalue weighted by atomic mass is 10.1. The summed E-state index contributed by atoms with van der Waals surface area (Å²) in [5.74, 6) is -0.690. The molecular formula is C18H29N3O2S. The van der Waals surface area contributed by atoms with Crippen LogP contribution >= 0.6 is 11.3 Å². The van der Waals surface area contributed by atoms with Gasteiger partial charge in [0, 0.05) is 30.6 Å². The topological polar surface area (TPSA) is 47.0 Å². The molecule has 2 aliphatic heterocycles. The first-order chi connectivity index (χ1) is 11.5. The van der Waals surface area contributed by atoms with Gasteiger partial charge in [0.15, 0.2) is 0 Å². The van der Waals surface area contributed by atoms with E-state index in [1.165, 1.54) is 42.8 Å². The zero-order valence-electron chi connectivity index (χ0n) is 14.8. The van der Waals surface area contributed by atoms with Gasteiger partial charge in [-0.25, -0.2) is 0 Å². The van der Waals surface area contributed by atoms with Crippen molar-refractivity contribution >= 4 is 17.3 Å². The minimum atomic E-state index is -0.690. The van der Waals surface area contributed by atoms with Gasteiger partial charge in [-0.2, -0.15) is 0 Å². The van der Waals surface area contributed by atoms with E-state index in [0.717, 1.165) is 19.6 Å². The Kier molecular flexibility index (Phi) is 5.92. The summed E-state index contributed by atoms with van der Waals surface area (Å²) in [5.41, 5.74) is 1.38. The molecule has 0 aliphatic carbocycles. The Balaban J connectivity index is 1.59. The first kappa shape index (κ1) is 17.9. The monoisotopic (exact) mass is 351 g/mol. The molecule has 0 unspecified atom stereocenters. The number of likely N-dealkylation sites (tertiary alicyclic amines) is 2. The highest BCUT2D eigenvalue weighted by Gasteiger charge is 2.37. The smallest absolute Gasteiger partial charge is 0.320 e. The fraction of sp³-hybridized carbons (Fsp3) is 0.722. The molecule has 0 aromatic carbocycles. The molecule has 2 saturated heterocycles. The molecule has 1 N–H and O–H groups in total. The summed E-state index contributed by atoms with van der Waals surface area (Å²) in [6.07, 6.45) is 4.71. The van der Waals surface area contributed by atoms with Gasteiger partial charge in [0.1, 0.15) is 6.04 Å². The highest BCUT2D eigenvalue weighted by Crippen LogP contribution is 2.26. The molecule has 2 fully saturated rings. The number of rotatable bonds is 6. The summed E-state index contributed by atoms with van der Waals surface area (Å²) in [6.45, 7) is 5.06. The minimum absolute atomic E-state index is 0.332. The summed E-state index contributed by atoms with van der Waals surface area (Å²) < 4.78 is 0. The van der Waals surface area contributed by atoms with Crippen LogP contribution in [0.2, 0.25) is 0 Å². The molecular weight excluding hydrogens is 322 g/mol. The number of carboxylic acid groups (broad SMARTS) is 1. The van der Waals surface area contributed by atoms with E-state index in [4.69, 9.17) is 0 Å². The van der Waals surface area contributed by atoms with E-state index < -0.39 is 5.97 Å². The second-order valence-corrected chi connectivity index (χ2v) is 8.39. The predicted molar refractivity (Wildman–Crippen MR) is 97.4 cm³/mol. The van der Waals surface area contributed by atoms with Crippen LogP contribution in [0.1, 0.15) is 36.1 Å². The number of hydrogen-bond acceptors (Lipinski definition) is 5. The van der Waals surface area contributed by atoms with Gasteiger partial charge < -0.3 is 10.0 Å². The Hall–Kier alpha value is -0.950. The largest absolute Gasteiger partial charge is 0.480 e. The molecule has 24 heavy (non-hydrogen) atoms. The lowest BCUT2D eigenvalue weighted by molar-refractivity contribution is -0.142. The van der Waals surface area contributed by atoms with Crippen LogP contribution in [0.4, 0.5) is 0 Å². The molecule has 0 bridgehead atoms. The predicted octanol–water partition coefficient (Wildman–Crippen LogP) is 2.32. The van der Waals surface area contributed by atoms with Crippen LogP contribution in [-0.4, -0.2) is 71.6 Å². The molecule has 0 amide bonds. The first-order valence-electron chi connectivity index (χ1n) is 8.95. The second-order valence-electron chi connectivity index (χ2n) is 7.39. The van der Waals surface area contributed by atoms with Crippen molar-refractivity contribution in [3.05, 3.63) is 21.9 Å². The molecule has 134 valence electrons. The molecule has 3 rings (SSSR count). The molecule has 0 radical (unpaired) electrons. The fourth-order valence-corrected chi connectivity index (χ4v) is 4.76. The normalized spacial score (nSPS) is 26.3. The minimum Gasteiger partial charge on any atom is -0.480 e. The van der Waals surface area contributed by atoms with Gasteiger partial charge >= 0.3 is 5.97 Å². The molecule has 1 aromatic rings. The Bertz CT molecular complexity index is 554. The molecule has 2 atom stereocenters.